The van der Waals surface area contributed by atoms with Crippen molar-refractivity contribution in [3.63, 3.8) is 0 Å². The van der Waals surface area contributed by atoms with Crippen LogP contribution in [0.1, 0.15) is 72.6 Å². The number of allylic oxidation sites excluding steroid dienone is 1. The Morgan fingerprint density at radius 1 is 1.10 bits per heavy atom. The molecular formula is C35H46N6O9S. The Bertz CT molecular complexity index is 1850. The van der Waals surface area contributed by atoms with Crippen LogP contribution >= 0.6 is 0 Å². The Morgan fingerprint density at radius 3 is 2.45 bits per heavy atom. The molecule has 6 rings (SSSR count). The molecule has 3 heterocycles. The molecule has 2 aliphatic heterocycles. The minimum absolute atomic E-state index is 0.0139. The van der Waals surface area contributed by atoms with Crippen molar-refractivity contribution < 1.29 is 42.2 Å². The first-order valence-corrected chi connectivity index (χ1v) is 19.1. The van der Waals surface area contributed by atoms with Gasteiger partial charge in [0, 0.05) is 12.3 Å². The molecular weight excluding hydrogens is 680 g/mol. The van der Waals surface area contributed by atoms with E-state index in [1.807, 2.05) is 44.2 Å². The van der Waals surface area contributed by atoms with E-state index in [1.54, 1.807) is 19.9 Å². The zero-order valence-corrected chi connectivity index (χ0v) is 30.1. The normalized spacial score (nSPS) is 31.2. The maximum absolute atomic E-state index is 14.3. The van der Waals surface area contributed by atoms with Crippen LogP contribution < -0.4 is 24.8 Å². The second-order valence-corrected chi connectivity index (χ2v) is 16.9. The van der Waals surface area contributed by atoms with E-state index in [0.717, 1.165) is 6.42 Å². The lowest BCUT2D eigenvalue weighted by molar-refractivity contribution is -0.142. The number of nitrogens with one attached hydrogen (secondary N) is 3. The molecule has 16 heteroatoms. The summed E-state index contributed by atoms with van der Waals surface area (Å²) in [5.41, 5.74) is -1.55. The molecule has 1 saturated heterocycles. The van der Waals surface area contributed by atoms with Gasteiger partial charge in [0.1, 0.15) is 23.7 Å². The van der Waals surface area contributed by atoms with Crippen molar-refractivity contribution in [2.75, 3.05) is 13.2 Å². The summed E-state index contributed by atoms with van der Waals surface area (Å²) in [5.74, 6) is -2.37. The van der Waals surface area contributed by atoms with Gasteiger partial charge in [-0.1, -0.05) is 38.1 Å². The van der Waals surface area contributed by atoms with Crippen LogP contribution in [0.3, 0.4) is 0 Å². The van der Waals surface area contributed by atoms with Crippen LogP contribution in [0.25, 0.3) is 10.8 Å². The van der Waals surface area contributed by atoms with E-state index in [1.165, 1.54) is 4.90 Å². The predicted molar refractivity (Wildman–Crippen MR) is 185 cm³/mol. The van der Waals surface area contributed by atoms with Gasteiger partial charge in [0.15, 0.2) is 0 Å². The van der Waals surface area contributed by atoms with Crippen molar-refractivity contribution >= 4 is 44.6 Å². The lowest BCUT2D eigenvalue weighted by Gasteiger charge is -2.32. The molecule has 0 spiro atoms. The third kappa shape index (κ3) is 7.32. The number of sulfonamides is 1. The van der Waals surface area contributed by atoms with Crippen LogP contribution in [0.15, 0.2) is 36.4 Å². The molecule has 276 valence electrons. The first-order valence-electron chi connectivity index (χ1n) is 17.6. The highest BCUT2D eigenvalue weighted by atomic mass is 32.2. The van der Waals surface area contributed by atoms with Gasteiger partial charge in [-0.25, -0.2) is 13.2 Å². The minimum Gasteiger partial charge on any atom is -0.476 e. The fraction of sp³-hybridized carbons (Fsp3) is 0.600. The molecule has 1 aromatic heterocycles. The molecule has 1 aromatic carbocycles. The van der Waals surface area contributed by atoms with Gasteiger partial charge in [-0.05, 0) is 76.3 Å². The largest absolute Gasteiger partial charge is 0.476 e. The zero-order chi connectivity index (χ0) is 36.7. The first-order chi connectivity index (χ1) is 24.2. The number of hydrogen-bond donors (Lipinski definition) is 4. The molecule has 2 aromatic rings. The van der Waals surface area contributed by atoms with Crippen LogP contribution in [-0.4, -0.2) is 94.1 Å². The van der Waals surface area contributed by atoms with Crippen LogP contribution in [0, 0.1) is 17.8 Å². The van der Waals surface area contributed by atoms with Crippen LogP contribution in [0.5, 0.6) is 11.8 Å². The van der Waals surface area contributed by atoms with Crippen molar-refractivity contribution in [3.05, 3.63) is 36.4 Å². The van der Waals surface area contributed by atoms with Gasteiger partial charge in [0.25, 0.3) is 5.91 Å². The monoisotopic (exact) mass is 726 g/mol. The predicted octanol–water partition coefficient (Wildman–Crippen LogP) is 2.90. The highest BCUT2D eigenvalue weighted by Gasteiger charge is 2.63. The number of fused-ring (bicyclic) bond motifs is 3. The second-order valence-electron chi connectivity index (χ2n) is 14.7. The Kier molecular flexibility index (Phi) is 9.92. The lowest BCUT2D eigenvalue weighted by Crippen LogP contribution is -2.59. The van der Waals surface area contributed by atoms with Crippen LogP contribution in [-0.2, 0) is 24.4 Å². The Hall–Kier alpha value is -4.47. The number of benzene rings is 1. The summed E-state index contributed by atoms with van der Waals surface area (Å²) in [7, 11) is -4.00. The van der Waals surface area contributed by atoms with Gasteiger partial charge in [-0.2, -0.15) is 0 Å². The summed E-state index contributed by atoms with van der Waals surface area (Å²) in [6.07, 6.45) is 4.56. The topological polar surface area (TPSA) is 206 Å². The summed E-state index contributed by atoms with van der Waals surface area (Å²) in [6, 6.07) is 4.90. The van der Waals surface area contributed by atoms with E-state index in [-0.39, 0.29) is 31.2 Å². The second kappa shape index (κ2) is 13.9. The summed E-state index contributed by atoms with van der Waals surface area (Å²) in [5, 5.41) is 24.7. The van der Waals surface area contributed by atoms with Crippen molar-refractivity contribution in [2.24, 2.45) is 17.8 Å². The number of amides is 4. The van der Waals surface area contributed by atoms with E-state index in [4.69, 9.17) is 9.47 Å². The molecule has 7 atom stereocenters. The summed E-state index contributed by atoms with van der Waals surface area (Å²) >= 11 is 0. The number of carbonyl (C=O) groups is 4. The number of carboxylic acid groups (broad SMARTS) is 1. The summed E-state index contributed by atoms with van der Waals surface area (Å²) < 4.78 is 39.3. The molecule has 4 aliphatic rings. The maximum Gasteiger partial charge on any atom is 0.405 e. The molecule has 15 nitrogen and oxygen atoms in total. The van der Waals surface area contributed by atoms with Gasteiger partial charge >= 0.3 is 6.09 Å². The number of ether oxygens (including phenoxy) is 2. The molecule has 2 saturated carbocycles. The number of nitrogens with zero attached hydrogens (tertiary/aromatic N) is 3. The highest BCUT2D eigenvalue weighted by Crippen LogP contribution is 2.47. The lowest BCUT2D eigenvalue weighted by atomic mass is 9.88. The van der Waals surface area contributed by atoms with Crippen molar-refractivity contribution in [2.45, 2.75) is 101 Å². The standard InChI is InChI=1S/C35H46N6O9S/c1-5-49-29-24-12-8-9-13-25(24)30(39-38-29)50-23-17-26-28(42)37-35(32(44)40-51(47,48)34(4)14-15-34)18-22(35)11-7-6-10-20(2)16-21(3)27(36-33(45)46)31(43)41(26)19-23/h7-9,11-13,20-23,26-27,36H,5-6,10,14-19H2,1-4H3,(H,37,42)(H,40,44)(H,45,46)/b11-7-/t20-,21+,22+,23+,26-,27-,35+/m0/s1. The first kappa shape index (κ1) is 36.3. The SMILES string of the molecule is CCOc1nnc(O[C@@H]2C[C@H]3C(=O)N[C@]4(C(=O)NS(=O)(=O)C5(C)CC5)C[C@H]4/C=C\CC[C@H](C)C[C@@H](C)[C@H](NC(=O)O)C(=O)N3C2)c2ccccc12. The molecule has 4 amide bonds. The third-order valence-electron chi connectivity index (χ3n) is 10.7. The average molecular weight is 727 g/mol. The fourth-order valence-electron chi connectivity index (χ4n) is 7.27. The Balaban J connectivity index is 1.34. The van der Waals surface area contributed by atoms with Gasteiger partial charge < -0.3 is 30.1 Å². The number of rotatable bonds is 8. The number of carbonyl (C=O) groups excluding carboxylic acids is 3. The summed E-state index contributed by atoms with van der Waals surface area (Å²) in [6.45, 7) is 7.52. The Labute approximate surface area is 296 Å². The van der Waals surface area contributed by atoms with Crippen molar-refractivity contribution in [3.8, 4) is 11.8 Å². The molecule has 2 aliphatic carbocycles. The van der Waals surface area contributed by atoms with Crippen LogP contribution in [0.2, 0.25) is 0 Å². The van der Waals surface area contributed by atoms with Gasteiger partial charge in [-0.3, -0.25) is 19.1 Å². The quantitative estimate of drug-likeness (QED) is 0.291. The van der Waals surface area contributed by atoms with E-state index < -0.39 is 74.1 Å². The average Bonchev–Trinajstić information content (AvgIpc) is 3.96. The molecule has 4 N–H and O–H groups in total. The molecule has 3 fully saturated rings. The molecule has 51 heavy (non-hydrogen) atoms. The zero-order valence-electron chi connectivity index (χ0n) is 29.3. The Morgan fingerprint density at radius 2 is 1.78 bits per heavy atom. The van der Waals surface area contributed by atoms with Crippen molar-refractivity contribution in [1.82, 2.24) is 30.5 Å². The molecule has 0 radical (unpaired) electrons. The van der Waals surface area contributed by atoms with Crippen molar-refractivity contribution in [1.29, 1.82) is 0 Å². The van der Waals surface area contributed by atoms with Gasteiger partial charge in [0.2, 0.25) is 33.6 Å². The fourth-order valence-corrected chi connectivity index (χ4v) is 8.58. The molecule has 0 bridgehead atoms. The van der Waals surface area contributed by atoms with E-state index >= 15 is 0 Å². The van der Waals surface area contributed by atoms with Gasteiger partial charge in [0.05, 0.1) is 28.7 Å². The molecule has 0 unspecified atom stereocenters. The third-order valence-corrected chi connectivity index (χ3v) is 12.9. The van der Waals surface area contributed by atoms with E-state index in [2.05, 4.69) is 25.6 Å². The van der Waals surface area contributed by atoms with E-state index in [9.17, 15) is 32.7 Å². The van der Waals surface area contributed by atoms with Crippen LogP contribution in [0.4, 0.5) is 4.79 Å². The maximum atomic E-state index is 14.3. The minimum atomic E-state index is -4.00. The summed E-state index contributed by atoms with van der Waals surface area (Å²) in [4.78, 5) is 55.7. The van der Waals surface area contributed by atoms with E-state index in [0.29, 0.717) is 48.9 Å². The highest BCUT2D eigenvalue weighted by molar-refractivity contribution is 7.91. The van der Waals surface area contributed by atoms with Gasteiger partial charge in [-0.15, -0.1) is 10.2 Å². The smallest absolute Gasteiger partial charge is 0.405 e. The number of hydrogen-bond acceptors (Lipinski definition) is 10. The number of aromatic nitrogens is 2.